The molecule has 2 N–H and O–H groups in total. The lowest BCUT2D eigenvalue weighted by atomic mass is 10.00. The molecule has 7 heteroatoms. The van der Waals surface area contributed by atoms with E-state index in [0.29, 0.717) is 24.6 Å². The molecule has 0 radical (unpaired) electrons. The minimum atomic E-state index is -0.311. The number of carbonyl (C=O) groups is 1. The molecule has 0 spiro atoms. The summed E-state index contributed by atoms with van der Waals surface area (Å²) in [7, 11) is 0. The highest BCUT2D eigenvalue weighted by atomic mass is 19.1. The van der Waals surface area contributed by atoms with Crippen LogP contribution in [0, 0.1) is 5.82 Å². The predicted molar refractivity (Wildman–Crippen MR) is 122 cm³/mol. The lowest BCUT2D eigenvalue weighted by molar-refractivity contribution is -0.122. The van der Waals surface area contributed by atoms with Gasteiger partial charge in [-0.2, -0.15) is 0 Å². The van der Waals surface area contributed by atoms with Gasteiger partial charge in [-0.25, -0.2) is 9.37 Å². The SMILES string of the molecule is CCCNc1nccc(N2CC[C@@H](Oc3ccc(C(C)C(=O)NC(C)C)cc3)C2)c1F. The topological polar surface area (TPSA) is 66.5 Å². The van der Waals surface area contributed by atoms with Gasteiger partial charge in [-0.15, -0.1) is 0 Å². The van der Waals surface area contributed by atoms with E-state index in [1.54, 1.807) is 12.3 Å². The maximum atomic E-state index is 14.8. The molecule has 0 aliphatic carbocycles. The third-order valence-electron chi connectivity index (χ3n) is 5.40. The summed E-state index contributed by atoms with van der Waals surface area (Å²) in [5, 5.41) is 5.98. The maximum absolute atomic E-state index is 14.8. The third kappa shape index (κ3) is 5.87. The Kier molecular flexibility index (Phi) is 7.71. The second-order valence-electron chi connectivity index (χ2n) is 8.35. The first-order valence-corrected chi connectivity index (χ1v) is 11.1. The van der Waals surface area contributed by atoms with E-state index >= 15 is 0 Å². The summed E-state index contributed by atoms with van der Waals surface area (Å²) in [5.41, 5.74) is 1.50. The van der Waals surface area contributed by atoms with Crippen LogP contribution in [-0.2, 0) is 4.79 Å². The lowest BCUT2D eigenvalue weighted by Crippen LogP contribution is -2.33. The molecule has 1 amide bonds. The van der Waals surface area contributed by atoms with Gasteiger partial charge in [0.1, 0.15) is 11.9 Å². The number of hydrogen-bond acceptors (Lipinski definition) is 5. The second kappa shape index (κ2) is 10.5. The zero-order chi connectivity index (χ0) is 22.4. The zero-order valence-electron chi connectivity index (χ0n) is 18.8. The predicted octanol–water partition coefficient (Wildman–Crippen LogP) is 4.33. The first-order valence-electron chi connectivity index (χ1n) is 11.1. The molecule has 0 bridgehead atoms. The van der Waals surface area contributed by atoms with Crippen LogP contribution in [-0.4, -0.2) is 42.7 Å². The number of nitrogens with one attached hydrogen (secondary N) is 2. The van der Waals surface area contributed by atoms with Gasteiger partial charge in [0.05, 0.1) is 18.2 Å². The molecule has 1 unspecified atom stereocenters. The van der Waals surface area contributed by atoms with Gasteiger partial charge < -0.3 is 20.3 Å². The monoisotopic (exact) mass is 428 g/mol. The molecule has 3 rings (SSSR count). The Labute approximate surface area is 184 Å². The third-order valence-corrected chi connectivity index (χ3v) is 5.40. The Morgan fingerprint density at radius 3 is 2.68 bits per heavy atom. The van der Waals surface area contributed by atoms with E-state index in [-0.39, 0.29) is 29.8 Å². The van der Waals surface area contributed by atoms with Crippen LogP contribution in [0.2, 0.25) is 0 Å². The number of hydrogen-bond donors (Lipinski definition) is 2. The lowest BCUT2D eigenvalue weighted by Gasteiger charge is -2.21. The molecule has 2 aromatic rings. The largest absolute Gasteiger partial charge is 0.489 e. The summed E-state index contributed by atoms with van der Waals surface area (Å²) in [6, 6.07) is 9.49. The number of pyridine rings is 1. The fourth-order valence-corrected chi connectivity index (χ4v) is 3.68. The number of anilines is 2. The van der Waals surface area contributed by atoms with E-state index in [9.17, 15) is 9.18 Å². The van der Waals surface area contributed by atoms with Crippen molar-refractivity contribution < 1.29 is 13.9 Å². The minimum absolute atomic E-state index is 0.0160. The van der Waals surface area contributed by atoms with Gasteiger partial charge in [0.25, 0.3) is 0 Å². The average molecular weight is 429 g/mol. The summed E-state index contributed by atoms with van der Waals surface area (Å²) in [6.07, 6.45) is 3.34. The normalized spacial score (nSPS) is 17.0. The van der Waals surface area contributed by atoms with Crippen molar-refractivity contribution in [3.8, 4) is 5.75 Å². The number of benzene rings is 1. The molecule has 0 saturated carbocycles. The van der Waals surface area contributed by atoms with Crippen LogP contribution in [0.1, 0.15) is 52.0 Å². The highest BCUT2D eigenvalue weighted by Crippen LogP contribution is 2.29. The fraction of sp³-hybridized carbons (Fsp3) is 0.500. The van der Waals surface area contributed by atoms with E-state index in [0.717, 1.165) is 30.7 Å². The minimum Gasteiger partial charge on any atom is -0.489 e. The number of amides is 1. The molecule has 2 atom stereocenters. The Morgan fingerprint density at radius 2 is 2.00 bits per heavy atom. The fourth-order valence-electron chi connectivity index (χ4n) is 3.68. The van der Waals surface area contributed by atoms with Crippen LogP contribution in [0.5, 0.6) is 5.75 Å². The van der Waals surface area contributed by atoms with Crippen LogP contribution in [0.4, 0.5) is 15.9 Å². The van der Waals surface area contributed by atoms with E-state index in [1.807, 2.05) is 56.9 Å². The Morgan fingerprint density at radius 1 is 1.26 bits per heavy atom. The standard InChI is InChI=1S/C24H33FN4O2/c1-5-12-26-23-22(25)21(10-13-27-23)29-14-11-20(15-29)31-19-8-6-18(7-9-19)17(4)24(30)28-16(2)3/h6-10,13,16-17,20H,5,11-12,14-15H2,1-4H3,(H,26,27)(H,28,30)/t17?,20-/m1/s1. The van der Waals surface area contributed by atoms with Crippen LogP contribution in [0.3, 0.4) is 0 Å². The van der Waals surface area contributed by atoms with Gasteiger partial charge in [0, 0.05) is 31.7 Å². The molecule has 1 aliphatic heterocycles. The number of aromatic nitrogens is 1. The number of carbonyl (C=O) groups excluding carboxylic acids is 1. The average Bonchev–Trinajstić information content (AvgIpc) is 3.20. The molecule has 1 fully saturated rings. The summed E-state index contributed by atoms with van der Waals surface area (Å²) in [6.45, 7) is 9.86. The number of nitrogens with zero attached hydrogens (tertiary/aromatic N) is 2. The van der Waals surface area contributed by atoms with Crippen molar-refractivity contribution in [2.45, 2.75) is 58.6 Å². The van der Waals surface area contributed by atoms with E-state index in [4.69, 9.17) is 4.74 Å². The van der Waals surface area contributed by atoms with Crippen LogP contribution in [0.15, 0.2) is 36.5 Å². The molecule has 6 nitrogen and oxygen atoms in total. The summed E-state index contributed by atoms with van der Waals surface area (Å²) in [5.74, 6) is 0.544. The van der Waals surface area contributed by atoms with Crippen molar-refractivity contribution in [1.29, 1.82) is 0 Å². The molecule has 1 aromatic carbocycles. The van der Waals surface area contributed by atoms with E-state index < -0.39 is 0 Å². The van der Waals surface area contributed by atoms with Crippen molar-refractivity contribution in [1.82, 2.24) is 10.3 Å². The number of halogens is 1. The molecule has 31 heavy (non-hydrogen) atoms. The molecular weight excluding hydrogens is 395 g/mol. The molecule has 1 aliphatic rings. The van der Waals surface area contributed by atoms with Crippen molar-refractivity contribution in [2.24, 2.45) is 0 Å². The van der Waals surface area contributed by atoms with Crippen LogP contribution < -0.4 is 20.3 Å². The Balaban J connectivity index is 1.59. The van der Waals surface area contributed by atoms with E-state index in [1.165, 1.54) is 0 Å². The second-order valence-corrected chi connectivity index (χ2v) is 8.35. The van der Waals surface area contributed by atoms with Gasteiger partial charge in [0.15, 0.2) is 11.6 Å². The van der Waals surface area contributed by atoms with Crippen molar-refractivity contribution >= 4 is 17.4 Å². The van der Waals surface area contributed by atoms with Crippen molar-refractivity contribution in [3.05, 3.63) is 47.9 Å². The summed E-state index contributed by atoms with van der Waals surface area (Å²) >= 11 is 0. The summed E-state index contributed by atoms with van der Waals surface area (Å²) < 4.78 is 21.0. The molecule has 1 saturated heterocycles. The Hall–Kier alpha value is -2.83. The first kappa shape index (κ1) is 22.8. The van der Waals surface area contributed by atoms with Gasteiger partial charge in [-0.1, -0.05) is 19.1 Å². The number of rotatable bonds is 9. The number of ether oxygens (including phenoxy) is 1. The van der Waals surface area contributed by atoms with Gasteiger partial charge in [-0.3, -0.25) is 4.79 Å². The molecule has 2 heterocycles. The quantitative estimate of drug-likeness (QED) is 0.622. The van der Waals surface area contributed by atoms with Gasteiger partial charge in [0.2, 0.25) is 5.91 Å². The Bertz CT molecular complexity index is 872. The first-order chi connectivity index (χ1) is 14.9. The van der Waals surface area contributed by atoms with Crippen LogP contribution >= 0.6 is 0 Å². The highest BCUT2D eigenvalue weighted by Gasteiger charge is 2.27. The maximum Gasteiger partial charge on any atom is 0.227 e. The van der Waals surface area contributed by atoms with Crippen molar-refractivity contribution in [2.75, 3.05) is 29.9 Å². The molecule has 168 valence electrons. The van der Waals surface area contributed by atoms with Crippen molar-refractivity contribution in [3.63, 3.8) is 0 Å². The van der Waals surface area contributed by atoms with E-state index in [2.05, 4.69) is 15.6 Å². The zero-order valence-corrected chi connectivity index (χ0v) is 18.8. The molecule has 1 aromatic heterocycles. The smallest absolute Gasteiger partial charge is 0.227 e. The molecular formula is C24H33FN4O2. The van der Waals surface area contributed by atoms with Gasteiger partial charge in [-0.05, 0) is 51.0 Å². The van der Waals surface area contributed by atoms with Gasteiger partial charge >= 0.3 is 0 Å². The summed E-state index contributed by atoms with van der Waals surface area (Å²) in [4.78, 5) is 18.3. The highest BCUT2D eigenvalue weighted by molar-refractivity contribution is 5.83. The van der Waals surface area contributed by atoms with Crippen LogP contribution in [0.25, 0.3) is 0 Å².